The summed E-state index contributed by atoms with van der Waals surface area (Å²) in [6.45, 7) is 0.770. The van der Waals surface area contributed by atoms with Crippen LogP contribution in [-0.4, -0.2) is 10.9 Å². The maximum absolute atomic E-state index is 12.0. The van der Waals surface area contributed by atoms with Gasteiger partial charge in [-0.1, -0.05) is 24.3 Å². The zero-order valence-electron chi connectivity index (χ0n) is 9.97. The van der Waals surface area contributed by atoms with E-state index in [-0.39, 0.29) is 5.91 Å². The van der Waals surface area contributed by atoms with Crippen molar-refractivity contribution in [3.63, 3.8) is 0 Å². The summed E-state index contributed by atoms with van der Waals surface area (Å²) >= 11 is 0. The molecule has 0 saturated carbocycles. The minimum Gasteiger partial charge on any atom is -0.346 e. The van der Waals surface area contributed by atoms with Crippen LogP contribution >= 0.6 is 0 Å². The molecule has 3 N–H and O–H groups in total. The van der Waals surface area contributed by atoms with Crippen LogP contribution in [0.15, 0.2) is 48.7 Å². The summed E-state index contributed by atoms with van der Waals surface area (Å²) in [6, 6.07) is 12.9. The highest BCUT2D eigenvalue weighted by Crippen LogP contribution is 2.07. The molecule has 2 aromatic rings. The van der Waals surface area contributed by atoms with Crippen molar-refractivity contribution in [2.45, 2.75) is 13.1 Å². The van der Waals surface area contributed by atoms with E-state index in [0.717, 1.165) is 11.3 Å². The predicted octanol–water partition coefficient (Wildman–Crippen LogP) is 1.47. The smallest absolute Gasteiger partial charge is 0.251 e. The van der Waals surface area contributed by atoms with Gasteiger partial charge in [0, 0.05) is 18.3 Å². The van der Waals surface area contributed by atoms with Gasteiger partial charge in [-0.25, -0.2) is 0 Å². The second-order valence-electron chi connectivity index (χ2n) is 3.87. The van der Waals surface area contributed by atoms with E-state index in [1.807, 2.05) is 36.4 Å². The predicted molar refractivity (Wildman–Crippen MR) is 69.7 cm³/mol. The van der Waals surface area contributed by atoms with Gasteiger partial charge in [0.05, 0.1) is 12.2 Å². The van der Waals surface area contributed by atoms with Crippen LogP contribution in [0.25, 0.3) is 0 Å². The SMILES string of the molecule is NCc1ccccc1C(=O)NCc1ccccn1. The van der Waals surface area contributed by atoms with Crippen LogP contribution in [0.1, 0.15) is 21.6 Å². The van der Waals surface area contributed by atoms with E-state index in [2.05, 4.69) is 10.3 Å². The Kier molecular flexibility index (Phi) is 4.04. The Hall–Kier alpha value is -2.20. The highest BCUT2D eigenvalue weighted by atomic mass is 16.1. The summed E-state index contributed by atoms with van der Waals surface area (Å²) in [6.07, 6.45) is 1.70. The summed E-state index contributed by atoms with van der Waals surface area (Å²) < 4.78 is 0. The van der Waals surface area contributed by atoms with E-state index in [1.165, 1.54) is 0 Å². The third-order valence-electron chi connectivity index (χ3n) is 2.64. The largest absolute Gasteiger partial charge is 0.346 e. The van der Waals surface area contributed by atoms with E-state index in [9.17, 15) is 4.79 Å². The van der Waals surface area contributed by atoms with E-state index >= 15 is 0 Å². The summed E-state index contributed by atoms with van der Waals surface area (Å²) in [7, 11) is 0. The van der Waals surface area contributed by atoms with Crippen molar-refractivity contribution >= 4 is 5.91 Å². The second kappa shape index (κ2) is 5.93. The zero-order chi connectivity index (χ0) is 12.8. The van der Waals surface area contributed by atoms with E-state index in [1.54, 1.807) is 12.3 Å². The zero-order valence-corrected chi connectivity index (χ0v) is 9.97. The number of benzene rings is 1. The highest BCUT2D eigenvalue weighted by Gasteiger charge is 2.09. The normalized spacial score (nSPS) is 10.1. The maximum atomic E-state index is 12.0. The first-order valence-electron chi connectivity index (χ1n) is 5.77. The van der Waals surface area contributed by atoms with Gasteiger partial charge in [-0.2, -0.15) is 0 Å². The average Bonchev–Trinajstić information content (AvgIpc) is 2.45. The van der Waals surface area contributed by atoms with Crippen molar-refractivity contribution in [2.24, 2.45) is 5.73 Å². The fraction of sp³-hybridized carbons (Fsp3) is 0.143. The van der Waals surface area contributed by atoms with Crippen molar-refractivity contribution in [3.05, 3.63) is 65.5 Å². The molecule has 1 aromatic heterocycles. The van der Waals surface area contributed by atoms with Crippen LogP contribution in [0.3, 0.4) is 0 Å². The molecule has 18 heavy (non-hydrogen) atoms. The molecule has 0 aliphatic heterocycles. The Morgan fingerprint density at radius 1 is 1.17 bits per heavy atom. The summed E-state index contributed by atoms with van der Waals surface area (Å²) in [5, 5.41) is 2.83. The number of carbonyl (C=O) groups is 1. The number of amides is 1. The summed E-state index contributed by atoms with van der Waals surface area (Å²) in [5.41, 5.74) is 7.90. The van der Waals surface area contributed by atoms with Crippen molar-refractivity contribution in [3.8, 4) is 0 Å². The molecular weight excluding hydrogens is 226 g/mol. The van der Waals surface area contributed by atoms with Crippen molar-refractivity contribution in [1.82, 2.24) is 10.3 Å². The number of nitrogens with zero attached hydrogens (tertiary/aromatic N) is 1. The molecule has 0 aliphatic rings. The molecule has 0 unspecified atom stereocenters. The van der Waals surface area contributed by atoms with Gasteiger partial charge in [-0.3, -0.25) is 9.78 Å². The molecule has 0 bridgehead atoms. The van der Waals surface area contributed by atoms with E-state index in [0.29, 0.717) is 18.7 Å². The van der Waals surface area contributed by atoms with E-state index < -0.39 is 0 Å². The van der Waals surface area contributed by atoms with E-state index in [4.69, 9.17) is 5.73 Å². The molecule has 1 aromatic carbocycles. The molecule has 0 radical (unpaired) electrons. The Morgan fingerprint density at radius 2 is 1.94 bits per heavy atom. The lowest BCUT2D eigenvalue weighted by atomic mass is 10.1. The van der Waals surface area contributed by atoms with Gasteiger partial charge in [0.15, 0.2) is 0 Å². The van der Waals surface area contributed by atoms with Crippen molar-refractivity contribution < 1.29 is 4.79 Å². The standard InChI is InChI=1S/C14H15N3O/c15-9-11-5-1-2-7-13(11)14(18)17-10-12-6-3-4-8-16-12/h1-8H,9-10,15H2,(H,17,18). The molecule has 1 heterocycles. The van der Waals surface area contributed by atoms with Gasteiger partial charge in [0.2, 0.25) is 0 Å². The lowest BCUT2D eigenvalue weighted by molar-refractivity contribution is 0.0949. The van der Waals surface area contributed by atoms with Gasteiger partial charge in [-0.15, -0.1) is 0 Å². The molecule has 0 atom stereocenters. The number of nitrogens with one attached hydrogen (secondary N) is 1. The van der Waals surface area contributed by atoms with Gasteiger partial charge < -0.3 is 11.1 Å². The molecule has 92 valence electrons. The van der Waals surface area contributed by atoms with Crippen molar-refractivity contribution in [2.75, 3.05) is 0 Å². The first-order valence-corrected chi connectivity index (χ1v) is 5.77. The highest BCUT2D eigenvalue weighted by molar-refractivity contribution is 5.95. The Balaban J connectivity index is 2.04. The second-order valence-corrected chi connectivity index (χ2v) is 3.87. The first kappa shape index (κ1) is 12.3. The number of hydrogen-bond donors (Lipinski definition) is 2. The van der Waals surface area contributed by atoms with Crippen LogP contribution in [0, 0.1) is 0 Å². The number of pyridine rings is 1. The molecule has 2 rings (SSSR count). The molecule has 0 spiro atoms. The summed E-state index contributed by atoms with van der Waals surface area (Å²) in [4.78, 5) is 16.2. The monoisotopic (exact) mass is 241 g/mol. The van der Waals surface area contributed by atoms with Crippen LogP contribution in [-0.2, 0) is 13.1 Å². The first-order chi connectivity index (χ1) is 8.81. The number of carbonyl (C=O) groups excluding carboxylic acids is 1. The van der Waals surface area contributed by atoms with Crippen LogP contribution in [0.5, 0.6) is 0 Å². The molecule has 0 saturated heterocycles. The molecular formula is C14H15N3O. The molecule has 1 amide bonds. The van der Waals surface area contributed by atoms with Gasteiger partial charge in [-0.05, 0) is 23.8 Å². The lowest BCUT2D eigenvalue weighted by Crippen LogP contribution is -2.24. The molecule has 4 nitrogen and oxygen atoms in total. The third-order valence-corrected chi connectivity index (χ3v) is 2.64. The van der Waals surface area contributed by atoms with Gasteiger partial charge in [0.1, 0.15) is 0 Å². The summed E-state index contributed by atoms with van der Waals surface area (Å²) in [5.74, 6) is -0.123. The fourth-order valence-electron chi connectivity index (χ4n) is 1.69. The minimum absolute atomic E-state index is 0.123. The number of rotatable bonds is 4. The van der Waals surface area contributed by atoms with Gasteiger partial charge in [0.25, 0.3) is 5.91 Å². The fourth-order valence-corrected chi connectivity index (χ4v) is 1.69. The van der Waals surface area contributed by atoms with Crippen LogP contribution in [0.2, 0.25) is 0 Å². The van der Waals surface area contributed by atoms with Crippen molar-refractivity contribution in [1.29, 1.82) is 0 Å². The number of nitrogens with two attached hydrogens (primary N) is 1. The van der Waals surface area contributed by atoms with Gasteiger partial charge >= 0.3 is 0 Å². The average molecular weight is 241 g/mol. The topological polar surface area (TPSA) is 68.0 Å². The molecule has 4 heteroatoms. The Morgan fingerprint density at radius 3 is 2.67 bits per heavy atom. The van der Waals surface area contributed by atoms with Crippen LogP contribution < -0.4 is 11.1 Å². The number of aromatic nitrogens is 1. The maximum Gasteiger partial charge on any atom is 0.251 e. The molecule has 0 aliphatic carbocycles. The number of hydrogen-bond acceptors (Lipinski definition) is 3. The third kappa shape index (κ3) is 2.93. The quantitative estimate of drug-likeness (QED) is 0.851. The Bertz CT molecular complexity index is 526. The minimum atomic E-state index is -0.123. The lowest BCUT2D eigenvalue weighted by Gasteiger charge is -2.08. The van der Waals surface area contributed by atoms with Crippen LogP contribution in [0.4, 0.5) is 0 Å². The molecule has 0 fully saturated rings. The Labute approximate surface area is 106 Å².